The molecule has 1 aliphatic carbocycles. The summed E-state index contributed by atoms with van der Waals surface area (Å²) in [5.41, 5.74) is 0.596. The molecule has 3 rings (SSSR count). The summed E-state index contributed by atoms with van der Waals surface area (Å²) < 4.78 is 1.33. The van der Waals surface area contributed by atoms with Crippen molar-refractivity contribution in [1.82, 2.24) is 20.2 Å². The molecule has 25 heavy (non-hydrogen) atoms. The van der Waals surface area contributed by atoms with E-state index in [1.54, 1.807) is 18.2 Å². The third-order valence-corrected chi connectivity index (χ3v) is 5.81. The fraction of sp³-hybridized carbons (Fsp3) is 0.438. The van der Waals surface area contributed by atoms with Crippen LogP contribution in [0.15, 0.2) is 23.4 Å². The van der Waals surface area contributed by atoms with Crippen LogP contribution in [-0.4, -0.2) is 32.1 Å². The number of carbonyl (C=O) groups excluding carboxylic acids is 1. The van der Waals surface area contributed by atoms with Crippen LogP contribution in [-0.2, 0) is 4.79 Å². The van der Waals surface area contributed by atoms with Gasteiger partial charge in [0.25, 0.3) is 0 Å². The highest BCUT2D eigenvalue weighted by Gasteiger charge is 2.24. The highest BCUT2D eigenvalue weighted by molar-refractivity contribution is 8.00. The number of rotatable bonds is 5. The summed E-state index contributed by atoms with van der Waals surface area (Å²) in [4.78, 5) is 12.3. The first-order chi connectivity index (χ1) is 12.0. The monoisotopic (exact) mass is 399 g/mol. The Hall–Kier alpha value is -1.44. The van der Waals surface area contributed by atoms with Gasteiger partial charge in [-0.1, -0.05) is 47.8 Å². The van der Waals surface area contributed by atoms with E-state index in [1.807, 2.05) is 6.92 Å². The molecule has 1 amide bonds. The van der Waals surface area contributed by atoms with Gasteiger partial charge in [0, 0.05) is 16.6 Å². The first-order valence-corrected chi connectivity index (χ1v) is 9.72. The molecule has 1 fully saturated rings. The number of nitrogen functional groups attached to an aromatic ring is 1. The van der Waals surface area contributed by atoms with E-state index in [0.29, 0.717) is 26.6 Å². The summed E-state index contributed by atoms with van der Waals surface area (Å²) in [6, 6.07) is 5.34. The van der Waals surface area contributed by atoms with Crippen LogP contribution < -0.4 is 11.2 Å². The third kappa shape index (κ3) is 4.22. The van der Waals surface area contributed by atoms with Crippen LogP contribution in [0.1, 0.15) is 32.6 Å². The van der Waals surface area contributed by atoms with Gasteiger partial charge in [0.1, 0.15) is 0 Å². The minimum atomic E-state index is -0.324. The normalized spacial score (nSPS) is 16.1. The first kappa shape index (κ1) is 18.4. The molecule has 134 valence electrons. The number of nitrogens with one attached hydrogen (secondary N) is 1. The van der Waals surface area contributed by atoms with Gasteiger partial charge in [-0.25, -0.2) is 4.68 Å². The molecule has 1 aliphatic rings. The molecule has 3 N–H and O–H groups in total. The molecule has 1 saturated carbocycles. The summed E-state index contributed by atoms with van der Waals surface area (Å²) in [5.74, 6) is 6.49. The fourth-order valence-electron chi connectivity index (χ4n) is 2.81. The number of aromatic nitrogens is 3. The van der Waals surface area contributed by atoms with Crippen LogP contribution >= 0.6 is 35.0 Å². The maximum Gasteiger partial charge on any atom is 0.233 e. The number of nitrogens with two attached hydrogens (primary N) is 1. The molecule has 0 unspecified atom stereocenters. The molecular weight excluding hydrogens is 381 g/mol. The minimum absolute atomic E-state index is 0.0118. The van der Waals surface area contributed by atoms with Crippen LogP contribution in [0, 0.1) is 0 Å². The average Bonchev–Trinajstić information content (AvgIpc) is 3.21. The van der Waals surface area contributed by atoms with Crippen molar-refractivity contribution >= 4 is 40.9 Å². The number of thioether (sulfide) groups is 1. The number of amides is 1. The van der Waals surface area contributed by atoms with Crippen molar-refractivity contribution in [2.75, 3.05) is 5.84 Å². The van der Waals surface area contributed by atoms with Crippen molar-refractivity contribution in [3.05, 3.63) is 28.2 Å². The van der Waals surface area contributed by atoms with Crippen molar-refractivity contribution in [2.24, 2.45) is 0 Å². The summed E-state index contributed by atoms with van der Waals surface area (Å²) in [6.45, 7) is 1.83. The van der Waals surface area contributed by atoms with Gasteiger partial charge >= 0.3 is 0 Å². The lowest BCUT2D eigenvalue weighted by molar-refractivity contribution is -0.120. The molecular formula is C16H19Cl2N5OS. The van der Waals surface area contributed by atoms with E-state index in [0.717, 1.165) is 12.8 Å². The van der Waals surface area contributed by atoms with Crippen molar-refractivity contribution in [3.8, 4) is 11.4 Å². The Balaban J connectivity index is 1.72. The lowest BCUT2D eigenvalue weighted by Crippen LogP contribution is -2.37. The molecule has 2 aromatic rings. The summed E-state index contributed by atoms with van der Waals surface area (Å²) >= 11 is 13.5. The van der Waals surface area contributed by atoms with Gasteiger partial charge in [-0.05, 0) is 38.0 Å². The van der Waals surface area contributed by atoms with Crippen molar-refractivity contribution < 1.29 is 4.79 Å². The Morgan fingerprint density at radius 1 is 1.36 bits per heavy atom. The zero-order valence-electron chi connectivity index (χ0n) is 13.7. The Morgan fingerprint density at radius 2 is 2.08 bits per heavy atom. The second-order valence-electron chi connectivity index (χ2n) is 6.05. The predicted molar refractivity (Wildman–Crippen MR) is 101 cm³/mol. The first-order valence-electron chi connectivity index (χ1n) is 8.08. The zero-order valence-corrected chi connectivity index (χ0v) is 16.0. The number of hydrogen-bond acceptors (Lipinski definition) is 5. The van der Waals surface area contributed by atoms with Crippen molar-refractivity contribution in [3.63, 3.8) is 0 Å². The van der Waals surface area contributed by atoms with E-state index >= 15 is 0 Å². The van der Waals surface area contributed by atoms with E-state index in [4.69, 9.17) is 29.0 Å². The van der Waals surface area contributed by atoms with E-state index < -0.39 is 0 Å². The molecule has 1 heterocycles. The Bertz CT molecular complexity index is 776. The minimum Gasteiger partial charge on any atom is -0.352 e. The quantitative estimate of drug-likeness (QED) is 0.593. The van der Waals surface area contributed by atoms with Gasteiger partial charge < -0.3 is 11.2 Å². The zero-order chi connectivity index (χ0) is 18.0. The summed E-state index contributed by atoms with van der Waals surface area (Å²) in [6.07, 6.45) is 4.45. The second kappa shape index (κ2) is 7.85. The topological polar surface area (TPSA) is 85.8 Å². The third-order valence-electron chi connectivity index (χ3n) is 4.19. The highest BCUT2D eigenvalue weighted by Crippen LogP contribution is 2.31. The van der Waals surface area contributed by atoms with Crippen LogP contribution in [0.5, 0.6) is 0 Å². The Labute approximate surface area is 160 Å². The Morgan fingerprint density at radius 3 is 2.80 bits per heavy atom. The van der Waals surface area contributed by atoms with E-state index in [-0.39, 0.29) is 17.2 Å². The number of hydrogen-bond donors (Lipinski definition) is 2. The van der Waals surface area contributed by atoms with Gasteiger partial charge in [-0.3, -0.25) is 4.79 Å². The lowest BCUT2D eigenvalue weighted by Gasteiger charge is -2.15. The molecule has 0 spiro atoms. The maximum atomic E-state index is 12.3. The maximum absolute atomic E-state index is 12.3. The molecule has 1 aromatic heterocycles. The molecule has 6 nitrogen and oxygen atoms in total. The van der Waals surface area contributed by atoms with E-state index in [2.05, 4.69) is 15.5 Å². The number of nitrogens with zero attached hydrogens (tertiary/aromatic N) is 3. The fourth-order valence-corrected chi connectivity index (χ4v) is 3.96. The molecule has 0 aliphatic heterocycles. The predicted octanol–water partition coefficient (Wildman–Crippen LogP) is 3.51. The average molecular weight is 400 g/mol. The lowest BCUT2D eigenvalue weighted by atomic mass is 10.2. The molecule has 0 saturated heterocycles. The van der Waals surface area contributed by atoms with E-state index in [9.17, 15) is 4.79 Å². The van der Waals surface area contributed by atoms with Crippen LogP contribution in [0.4, 0.5) is 0 Å². The van der Waals surface area contributed by atoms with Gasteiger partial charge in [0.15, 0.2) is 5.82 Å². The molecule has 1 aromatic carbocycles. The molecule has 0 bridgehead atoms. The smallest absolute Gasteiger partial charge is 0.233 e. The number of carbonyl (C=O) groups is 1. The van der Waals surface area contributed by atoms with Crippen molar-refractivity contribution in [2.45, 2.75) is 49.1 Å². The number of halogens is 2. The van der Waals surface area contributed by atoms with Gasteiger partial charge in [0.05, 0.1) is 10.3 Å². The standard InChI is InChI=1S/C16H19Cl2N5OS/c1-9(15(24)20-11-4-2-3-5-11)25-16-22-21-14(23(16)19)12-8-10(17)6-7-13(12)18/h6-9,11H,2-5,19H2,1H3,(H,20,24)/t9-/m1/s1. The molecule has 9 heteroatoms. The summed E-state index contributed by atoms with van der Waals surface area (Å²) in [7, 11) is 0. The largest absolute Gasteiger partial charge is 0.352 e. The van der Waals surface area contributed by atoms with Gasteiger partial charge in [-0.15, -0.1) is 10.2 Å². The van der Waals surface area contributed by atoms with Crippen LogP contribution in [0.25, 0.3) is 11.4 Å². The SMILES string of the molecule is C[C@@H](Sc1nnc(-c2cc(Cl)ccc2Cl)n1N)C(=O)NC1CCCC1. The Kier molecular flexibility index (Phi) is 5.76. The molecule has 1 atom stereocenters. The summed E-state index contributed by atoms with van der Waals surface area (Å²) in [5, 5.41) is 12.4. The van der Waals surface area contributed by atoms with Gasteiger partial charge in [-0.2, -0.15) is 0 Å². The van der Waals surface area contributed by atoms with Crippen molar-refractivity contribution in [1.29, 1.82) is 0 Å². The highest BCUT2D eigenvalue weighted by atomic mass is 35.5. The van der Waals surface area contributed by atoms with Crippen LogP contribution in [0.3, 0.4) is 0 Å². The van der Waals surface area contributed by atoms with Crippen LogP contribution in [0.2, 0.25) is 10.0 Å². The van der Waals surface area contributed by atoms with Gasteiger partial charge in [0.2, 0.25) is 11.1 Å². The second-order valence-corrected chi connectivity index (χ2v) is 8.20. The van der Waals surface area contributed by atoms with E-state index in [1.165, 1.54) is 29.3 Å². The molecule has 0 radical (unpaired) electrons. The number of benzene rings is 1.